The van der Waals surface area contributed by atoms with E-state index in [1.807, 2.05) is 6.92 Å². The molecular weight excluding hydrogens is 381 g/mol. The standard InChI is InChI=1S/C20H20FN3O3S/c1-13(11-27-2)24-19(26)14-7-3-5-9-16(14)23-20(24)28-12-18(25)22-17-10-6-4-8-15(17)21/h3-10,13H,11-12H2,1-2H3,(H,22,25)/t13-/m0/s1. The normalized spacial score (nSPS) is 12.1. The van der Waals surface area contributed by atoms with Gasteiger partial charge in [0.1, 0.15) is 5.82 Å². The number of rotatable bonds is 7. The SMILES string of the molecule is COC[C@H](C)n1c(SCC(=O)Nc2ccccc2F)nc2ccccc2c1=O. The minimum Gasteiger partial charge on any atom is -0.383 e. The Morgan fingerprint density at radius 3 is 2.71 bits per heavy atom. The summed E-state index contributed by atoms with van der Waals surface area (Å²) in [6, 6.07) is 12.8. The molecule has 0 radical (unpaired) electrons. The van der Waals surface area contributed by atoms with Crippen LogP contribution in [0.1, 0.15) is 13.0 Å². The molecule has 6 nitrogen and oxygen atoms in total. The number of amides is 1. The van der Waals surface area contributed by atoms with Crippen molar-refractivity contribution < 1.29 is 13.9 Å². The van der Waals surface area contributed by atoms with Crippen LogP contribution in [0.15, 0.2) is 58.5 Å². The first-order valence-corrected chi connectivity index (χ1v) is 9.67. The number of anilines is 1. The lowest BCUT2D eigenvalue weighted by Crippen LogP contribution is -2.29. The molecule has 1 aromatic heterocycles. The second kappa shape index (κ2) is 8.99. The van der Waals surface area contributed by atoms with Gasteiger partial charge in [0.15, 0.2) is 5.16 Å². The number of nitrogens with one attached hydrogen (secondary N) is 1. The maximum atomic E-state index is 13.7. The number of halogens is 1. The van der Waals surface area contributed by atoms with Crippen molar-refractivity contribution in [2.45, 2.75) is 18.1 Å². The number of ether oxygens (including phenoxy) is 1. The van der Waals surface area contributed by atoms with Gasteiger partial charge in [-0.25, -0.2) is 9.37 Å². The molecule has 1 N–H and O–H groups in total. The van der Waals surface area contributed by atoms with Crippen molar-refractivity contribution >= 4 is 34.3 Å². The van der Waals surface area contributed by atoms with Gasteiger partial charge in [-0.15, -0.1) is 0 Å². The van der Waals surface area contributed by atoms with Crippen LogP contribution < -0.4 is 10.9 Å². The number of thioether (sulfide) groups is 1. The Morgan fingerprint density at radius 2 is 1.96 bits per heavy atom. The van der Waals surface area contributed by atoms with Crippen LogP contribution in [0.3, 0.4) is 0 Å². The van der Waals surface area contributed by atoms with Gasteiger partial charge in [0.25, 0.3) is 5.56 Å². The number of fused-ring (bicyclic) bond motifs is 1. The van der Waals surface area contributed by atoms with E-state index in [2.05, 4.69) is 10.3 Å². The summed E-state index contributed by atoms with van der Waals surface area (Å²) in [6.45, 7) is 2.18. The number of aromatic nitrogens is 2. The van der Waals surface area contributed by atoms with Crippen molar-refractivity contribution in [3.05, 3.63) is 64.7 Å². The third kappa shape index (κ3) is 4.40. The van der Waals surface area contributed by atoms with E-state index in [0.717, 1.165) is 11.8 Å². The third-order valence-corrected chi connectivity index (χ3v) is 5.06. The largest absolute Gasteiger partial charge is 0.383 e. The van der Waals surface area contributed by atoms with Gasteiger partial charge in [-0.1, -0.05) is 36.0 Å². The van der Waals surface area contributed by atoms with Crippen LogP contribution in [0.5, 0.6) is 0 Å². The summed E-state index contributed by atoms with van der Waals surface area (Å²) in [5.41, 5.74) is 0.488. The lowest BCUT2D eigenvalue weighted by molar-refractivity contribution is -0.113. The second-order valence-corrected chi connectivity index (χ2v) is 7.15. The second-order valence-electron chi connectivity index (χ2n) is 6.21. The maximum absolute atomic E-state index is 13.7. The lowest BCUT2D eigenvalue weighted by atomic mass is 10.2. The summed E-state index contributed by atoms with van der Waals surface area (Å²) in [7, 11) is 1.56. The van der Waals surface area contributed by atoms with Gasteiger partial charge < -0.3 is 10.1 Å². The summed E-state index contributed by atoms with van der Waals surface area (Å²) < 4.78 is 20.4. The highest BCUT2D eigenvalue weighted by atomic mass is 32.2. The Labute approximate surface area is 165 Å². The molecule has 0 bridgehead atoms. The lowest BCUT2D eigenvalue weighted by Gasteiger charge is -2.18. The van der Waals surface area contributed by atoms with Crippen molar-refractivity contribution in [2.24, 2.45) is 0 Å². The molecule has 0 spiro atoms. The zero-order chi connectivity index (χ0) is 20.1. The molecule has 0 saturated heterocycles. The summed E-state index contributed by atoms with van der Waals surface area (Å²) >= 11 is 1.13. The van der Waals surface area contributed by atoms with Crippen molar-refractivity contribution in [1.29, 1.82) is 0 Å². The number of carbonyl (C=O) groups is 1. The Balaban J connectivity index is 1.87. The Morgan fingerprint density at radius 1 is 1.25 bits per heavy atom. The van der Waals surface area contributed by atoms with Gasteiger partial charge in [0.2, 0.25) is 5.91 Å². The molecular formula is C20H20FN3O3S. The van der Waals surface area contributed by atoms with Crippen LogP contribution in [0, 0.1) is 5.82 Å². The molecule has 3 rings (SSSR count). The highest BCUT2D eigenvalue weighted by molar-refractivity contribution is 7.99. The highest BCUT2D eigenvalue weighted by Gasteiger charge is 2.18. The van der Waals surface area contributed by atoms with E-state index in [9.17, 15) is 14.0 Å². The quantitative estimate of drug-likeness (QED) is 0.485. The maximum Gasteiger partial charge on any atom is 0.262 e. The first kappa shape index (κ1) is 20.0. The molecule has 2 aromatic carbocycles. The fourth-order valence-corrected chi connectivity index (χ4v) is 3.71. The fourth-order valence-electron chi connectivity index (χ4n) is 2.81. The number of hydrogen-bond acceptors (Lipinski definition) is 5. The third-order valence-electron chi connectivity index (χ3n) is 4.10. The molecule has 1 heterocycles. The van der Waals surface area contributed by atoms with E-state index in [1.54, 1.807) is 43.5 Å². The van der Waals surface area contributed by atoms with E-state index in [1.165, 1.54) is 16.7 Å². The molecule has 0 aliphatic carbocycles. The van der Waals surface area contributed by atoms with E-state index in [0.29, 0.717) is 22.7 Å². The predicted molar refractivity (Wildman–Crippen MR) is 108 cm³/mol. The Kier molecular flexibility index (Phi) is 6.43. The summed E-state index contributed by atoms with van der Waals surface area (Å²) in [5.74, 6) is -0.905. The number of hydrogen-bond donors (Lipinski definition) is 1. The zero-order valence-electron chi connectivity index (χ0n) is 15.5. The van der Waals surface area contributed by atoms with Crippen LogP contribution >= 0.6 is 11.8 Å². The minimum atomic E-state index is -0.504. The van der Waals surface area contributed by atoms with Crippen molar-refractivity contribution in [2.75, 3.05) is 24.8 Å². The number of para-hydroxylation sites is 2. The van der Waals surface area contributed by atoms with E-state index < -0.39 is 5.82 Å². The van der Waals surface area contributed by atoms with Crippen LogP contribution in [0.2, 0.25) is 0 Å². The first-order valence-electron chi connectivity index (χ1n) is 8.68. The van der Waals surface area contributed by atoms with Crippen LogP contribution in [-0.4, -0.2) is 34.9 Å². The molecule has 0 unspecified atom stereocenters. The molecule has 3 aromatic rings. The van der Waals surface area contributed by atoms with Gasteiger partial charge in [-0.3, -0.25) is 14.2 Å². The molecule has 28 heavy (non-hydrogen) atoms. The number of methoxy groups -OCH3 is 1. The molecule has 146 valence electrons. The van der Waals surface area contributed by atoms with Gasteiger partial charge in [0, 0.05) is 7.11 Å². The number of carbonyl (C=O) groups excluding carboxylic acids is 1. The van der Waals surface area contributed by atoms with Crippen LogP contribution in [0.4, 0.5) is 10.1 Å². The number of benzene rings is 2. The Hall–Kier alpha value is -2.71. The van der Waals surface area contributed by atoms with E-state index in [4.69, 9.17) is 4.74 Å². The molecule has 8 heteroatoms. The average Bonchev–Trinajstić information content (AvgIpc) is 2.68. The molecule has 0 aliphatic rings. The molecule has 0 fully saturated rings. The molecule has 1 amide bonds. The highest BCUT2D eigenvalue weighted by Crippen LogP contribution is 2.22. The van der Waals surface area contributed by atoms with Gasteiger partial charge in [-0.2, -0.15) is 0 Å². The number of nitrogens with zero attached hydrogens (tertiary/aromatic N) is 2. The predicted octanol–water partition coefficient (Wildman–Crippen LogP) is 3.47. The summed E-state index contributed by atoms with van der Waals surface area (Å²) in [4.78, 5) is 29.8. The first-order chi connectivity index (χ1) is 13.5. The molecule has 0 saturated carbocycles. The van der Waals surface area contributed by atoms with Crippen LogP contribution in [0.25, 0.3) is 10.9 Å². The Bertz CT molecular complexity index is 1050. The zero-order valence-corrected chi connectivity index (χ0v) is 16.3. The van der Waals surface area contributed by atoms with Gasteiger partial charge in [-0.05, 0) is 31.2 Å². The topological polar surface area (TPSA) is 73.2 Å². The van der Waals surface area contributed by atoms with Gasteiger partial charge >= 0.3 is 0 Å². The van der Waals surface area contributed by atoms with Gasteiger partial charge in [0.05, 0.1) is 35.0 Å². The monoisotopic (exact) mass is 401 g/mol. The minimum absolute atomic E-state index is 0.0151. The van der Waals surface area contributed by atoms with Crippen molar-refractivity contribution in [3.63, 3.8) is 0 Å². The van der Waals surface area contributed by atoms with Crippen LogP contribution in [-0.2, 0) is 9.53 Å². The smallest absolute Gasteiger partial charge is 0.262 e. The molecule has 0 aliphatic heterocycles. The summed E-state index contributed by atoms with van der Waals surface area (Å²) in [5, 5.41) is 3.45. The van der Waals surface area contributed by atoms with E-state index >= 15 is 0 Å². The molecule has 1 atom stereocenters. The average molecular weight is 401 g/mol. The van der Waals surface area contributed by atoms with Crippen molar-refractivity contribution in [3.8, 4) is 0 Å². The van der Waals surface area contributed by atoms with Crippen molar-refractivity contribution in [1.82, 2.24) is 9.55 Å². The van der Waals surface area contributed by atoms with E-state index in [-0.39, 0.29) is 28.9 Å². The summed E-state index contributed by atoms with van der Waals surface area (Å²) in [6.07, 6.45) is 0. The fraction of sp³-hybridized carbons (Fsp3) is 0.250.